The Balaban J connectivity index is 1.46. The Hall–Kier alpha value is -0.890. The molecule has 2 heteroatoms. The van der Waals surface area contributed by atoms with Crippen molar-refractivity contribution in [2.45, 2.75) is 90.8 Å². The molecule has 0 aromatic rings. The van der Waals surface area contributed by atoms with Gasteiger partial charge in [-0.2, -0.15) is 0 Å². The van der Waals surface area contributed by atoms with Crippen LogP contribution in [0.25, 0.3) is 0 Å². The van der Waals surface area contributed by atoms with E-state index in [9.17, 15) is 4.79 Å². The molecule has 0 amide bonds. The molecule has 9 unspecified atom stereocenters. The van der Waals surface area contributed by atoms with Crippen LogP contribution < -0.4 is 0 Å². The zero-order valence-corrected chi connectivity index (χ0v) is 18.1. The van der Waals surface area contributed by atoms with Crippen LogP contribution in [0.5, 0.6) is 0 Å². The normalized spacial score (nSPS) is 50.4. The summed E-state index contributed by atoms with van der Waals surface area (Å²) in [7, 11) is 0. The number of ether oxygens (including phenoxy) is 1. The van der Waals surface area contributed by atoms with Gasteiger partial charge in [0, 0.05) is 6.42 Å². The van der Waals surface area contributed by atoms with Gasteiger partial charge in [-0.1, -0.05) is 33.3 Å². The highest BCUT2D eigenvalue weighted by Crippen LogP contribution is 2.69. The molecule has 3 saturated carbocycles. The minimum Gasteiger partial charge on any atom is -0.365 e. The number of fused-ring (bicyclic) bond motifs is 8. The fraction of sp³-hybridized carbons (Fsp3) is 0.808. The van der Waals surface area contributed by atoms with Gasteiger partial charge in [0.1, 0.15) is 6.10 Å². The van der Waals surface area contributed by atoms with Crippen LogP contribution in [-0.2, 0) is 9.53 Å². The van der Waals surface area contributed by atoms with Gasteiger partial charge in [-0.3, -0.25) is 4.79 Å². The van der Waals surface area contributed by atoms with E-state index in [1.807, 2.05) is 6.08 Å². The number of ketones is 1. The maximum Gasteiger partial charge on any atom is 0.155 e. The fourth-order valence-corrected chi connectivity index (χ4v) is 8.56. The van der Waals surface area contributed by atoms with E-state index in [1.165, 1.54) is 44.1 Å². The quantitative estimate of drug-likeness (QED) is 0.433. The molecule has 1 heterocycles. The average molecular weight is 383 g/mol. The van der Waals surface area contributed by atoms with Gasteiger partial charge >= 0.3 is 0 Å². The van der Waals surface area contributed by atoms with E-state index in [2.05, 4.69) is 33.4 Å². The summed E-state index contributed by atoms with van der Waals surface area (Å²) in [5.74, 6) is 4.21. The molecule has 0 aromatic heterocycles. The highest BCUT2D eigenvalue weighted by molar-refractivity contribution is 5.92. The van der Waals surface area contributed by atoms with Crippen molar-refractivity contribution in [3.63, 3.8) is 0 Å². The second kappa shape index (κ2) is 6.56. The summed E-state index contributed by atoms with van der Waals surface area (Å²) in [6, 6.07) is 0. The lowest BCUT2D eigenvalue weighted by atomic mass is 9.42. The standard InChI is InChI=1S/C26H38O2/c1-5-6-8-16(2)18-9-7-10-19-22-20(12-14-25(18,19)3)26(4)13-11-17(27)15-21(26)23-24(22)28-23/h5,15-16,18-20,22-24H,1,6-14H2,2-4H3. The van der Waals surface area contributed by atoms with E-state index in [1.54, 1.807) is 0 Å². The van der Waals surface area contributed by atoms with Crippen molar-refractivity contribution in [2.75, 3.05) is 0 Å². The Bertz CT molecular complexity index is 707. The van der Waals surface area contributed by atoms with Gasteiger partial charge in [-0.05, 0) is 97.0 Å². The monoisotopic (exact) mass is 382 g/mol. The maximum absolute atomic E-state index is 12.1. The van der Waals surface area contributed by atoms with Crippen molar-refractivity contribution in [1.82, 2.24) is 0 Å². The second-order valence-electron chi connectivity index (χ2n) is 11.2. The zero-order valence-electron chi connectivity index (χ0n) is 18.1. The van der Waals surface area contributed by atoms with Crippen molar-refractivity contribution in [3.8, 4) is 0 Å². The van der Waals surface area contributed by atoms with Gasteiger partial charge in [-0.15, -0.1) is 6.58 Å². The Morgan fingerprint density at radius 3 is 2.86 bits per heavy atom. The lowest BCUT2D eigenvalue weighted by Gasteiger charge is -2.61. The maximum atomic E-state index is 12.1. The van der Waals surface area contributed by atoms with Crippen LogP contribution >= 0.6 is 0 Å². The summed E-state index contributed by atoms with van der Waals surface area (Å²) in [6.07, 6.45) is 15.9. The third-order valence-corrected chi connectivity index (χ3v) is 10.1. The first-order chi connectivity index (χ1) is 13.4. The van der Waals surface area contributed by atoms with E-state index in [4.69, 9.17) is 4.74 Å². The Morgan fingerprint density at radius 1 is 1.25 bits per heavy atom. The molecule has 0 N–H and O–H groups in total. The third-order valence-electron chi connectivity index (χ3n) is 10.1. The van der Waals surface area contributed by atoms with Crippen molar-refractivity contribution in [1.29, 1.82) is 0 Å². The number of rotatable bonds is 4. The fourth-order valence-electron chi connectivity index (χ4n) is 8.56. The molecule has 28 heavy (non-hydrogen) atoms. The van der Waals surface area contributed by atoms with E-state index in [0.717, 1.165) is 42.9 Å². The van der Waals surface area contributed by atoms with Gasteiger partial charge in [0.15, 0.2) is 5.78 Å². The summed E-state index contributed by atoms with van der Waals surface area (Å²) >= 11 is 0. The number of hydrogen-bond acceptors (Lipinski definition) is 2. The number of allylic oxidation sites excluding steroid dienone is 2. The minimum atomic E-state index is 0.207. The van der Waals surface area contributed by atoms with Crippen LogP contribution in [0.3, 0.4) is 0 Å². The van der Waals surface area contributed by atoms with Crippen LogP contribution in [0.2, 0.25) is 0 Å². The SMILES string of the molecule is C=CCCC(C)C1CCCC2C3C4OC4C4=CC(=O)CCC4(C)C3CCC12C. The van der Waals surface area contributed by atoms with Gasteiger partial charge in [0.2, 0.25) is 0 Å². The summed E-state index contributed by atoms with van der Waals surface area (Å²) in [4.78, 5) is 12.1. The second-order valence-corrected chi connectivity index (χ2v) is 11.2. The minimum absolute atomic E-state index is 0.207. The number of carbonyl (C=O) groups excluding carboxylic acids is 1. The molecule has 0 bridgehead atoms. The van der Waals surface area contributed by atoms with Gasteiger partial charge in [-0.25, -0.2) is 0 Å². The molecule has 154 valence electrons. The van der Waals surface area contributed by atoms with E-state index in [-0.39, 0.29) is 11.5 Å². The Kier molecular flexibility index (Phi) is 4.47. The molecule has 0 aromatic carbocycles. The molecule has 0 spiro atoms. The highest BCUT2D eigenvalue weighted by Gasteiger charge is 2.68. The molecule has 2 nitrogen and oxygen atoms in total. The van der Waals surface area contributed by atoms with Gasteiger partial charge < -0.3 is 4.74 Å². The first-order valence-electron chi connectivity index (χ1n) is 11.9. The van der Waals surface area contributed by atoms with Crippen LogP contribution in [0.1, 0.15) is 78.6 Å². The van der Waals surface area contributed by atoms with Gasteiger partial charge in [0.25, 0.3) is 0 Å². The molecular formula is C26H38O2. The molecule has 4 aliphatic carbocycles. The number of hydrogen-bond donors (Lipinski definition) is 0. The van der Waals surface area contributed by atoms with E-state index in [0.29, 0.717) is 23.2 Å². The molecule has 0 radical (unpaired) electrons. The molecule has 1 saturated heterocycles. The molecule has 5 rings (SSSR count). The first-order valence-corrected chi connectivity index (χ1v) is 11.9. The molecular weight excluding hydrogens is 344 g/mol. The smallest absolute Gasteiger partial charge is 0.155 e. The van der Waals surface area contributed by atoms with Crippen LogP contribution in [0, 0.1) is 40.4 Å². The predicted octanol–water partition coefficient (Wildman–Crippen LogP) is 6.11. The van der Waals surface area contributed by atoms with Crippen molar-refractivity contribution in [2.24, 2.45) is 40.4 Å². The molecule has 9 atom stereocenters. The van der Waals surface area contributed by atoms with Gasteiger partial charge in [0.05, 0.1) is 6.10 Å². The lowest BCUT2D eigenvalue weighted by Crippen LogP contribution is -2.57. The zero-order chi connectivity index (χ0) is 19.7. The summed E-state index contributed by atoms with van der Waals surface area (Å²) in [5, 5.41) is 0. The largest absolute Gasteiger partial charge is 0.365 e. The number of epoxide rings is 1. The summed E-state index contributed by atoms with van der Waals surface area (Å²) in [6.45, 7) is 11.6. The third kappa shape index (κ3) is 2.59. The van der Waals surface area contributed by atoms with E-state index < -0.39 is 0 Å². The van der Waals surface area contributed by atoms with Crippen LogP contribution in [-0.4, -0.2) is 18.0 Å². The lowest BCUT2D eigenvalue weighted by molar-refractivity contribution is -0.122. The van der Waals surface area contributed by atoms with Crippen molar-refractivity contribution >= 4 is 5.78 Å². The van der Waals surface area contributed by atoms with Crippen LogP contribution in [0.15, 0.2) is 24.3 Å². The first kappa shape index (κ1) is 19.1. The van der Waals surface area contributed by atoms with E-state index >= 15 is 0 Å². The molecule has 4 fully saturated rings. The predicted molar refractivity (Wildman–Crippen MR) is 113 cm³/mol. The number of carbonyl (C=O) groups is 1. The Labute approximate surface area is 171 Å². The average Bonchev–Trinajstić information content (AvgIpc) is 3.46. The summed E-state index contributed by atoms with van der Waals surface area (Å²) in [5.41, 5.74) is 2.04. The molecule has 5 aliphatic rings. The van der Waals surface area contributed by atoms with Crippen molar-refractivity contribution in [3.05, 3.63) is 24.3 Å². The topological polar surface area (TPSA) is 29.6 Å². The Morgan fingerprint density at radius 2 is 2.07 bits per heavy atom. The van der Waals surface area contributed by atoms with Crippen molar-refractivity contribution < 1.29 is 9.53 Å². The molecule has 1 aliphatic heterocycles. The van der Waals surface area contributed by atoms with Crippen LogP contribution in [0.4, 0.5) is 0 Å². The highest BCUT2D eigenvalue weighted by atomic mass is 16.6. The summed E-state index contributed by atoms with van der Waals surface area (Å²) < 4.78 is 6.35.